The highest BCUT2D eigenvalue weighted by Crippen LogP contribution is 2.43. The molecule has 1 aliphatic carbocycles. The molecule has 2 fully saturated rings. The predicted octanol–water partition coefficient (Wildman–Crippen LogP) is -1.11. The van der Waals surface area contributed by atoms with Crippen LogP contribution in [0.4, 0.5) is 0 Å². The van der Waals surface area contributed by atoms with E-state index < -0.39 is 111 Å². The van der Waals surface area contributed by atoms with Crippen LogP contribution in [0.15, 0.2) is 54.3 Å². The van der Waals surface area contributed by atoms with E-state index in [1.165, 1.54) is 26.4 Å². The van der Waals surface area contributed by atoms with Gasteiger partial charge in [-0.1, -0.05) is 18.2 Å². The van der Waals surface area contributed by atoms with Crippen LogP contribution in [-0.2, 0) is 42.7 Å². The average Bonchev–Trinajstić information content (AvgIpc) is 3.46. The maximum atomic E-state index is 12.9. The zero-order chi connectivity index (χ0) is 35.4. The molecule has 0 saturated carbocycles. The summed E-state index contributed by atoms with van der Waals surface area (Å²) >= 11 is 0. The summed E-state index contributed by atoms with van der Waals surface area (Å²) in [6, 6.07) is 6.89. The molecule has 0 aromatic heterocycles. The fraction of sp³-hybridized carbons (Fsp3) is 0.576. The predicted molar refractivity (Wildman–Crippen MR) is 164 cm³/mol. The fourth-order valence-electron chi connectivity index (χ4n) is 6.24. The summed E-state index contributed by atoms with van der Waals surface area (Å²) in [6.07, 6.45) is -9.01. The number of rotatable bonds is 11. The van der Waals surface area contributed by atoms with E-state index in [-0.39, 0.29) is 0 Å². The lowest BCUT2D eigenvalue weighted by Gasteiger charge is -2.44. The van der Waals surface area contributed by atoms with Crippen LogP contribution in [0.25, 0.3) is 6.08 Å². The van der Waals surface area contributed by atoms with Crippen LogP contribution in [0, 0.1) is 11.8 Å². The number of esters is 2. The molecule has 14 atom stereocenters. The molecule has 3 heterocycles. The maximum Gasteiger partial charge on any atom is 0.331 e. The average molecular weight is 695 g/mol. The summed E-state index contributed by atoms with van der Waals surface area (Å²) in [4.78, 5) is 25.1. The molecule has 270 valence electrons. The zero-order valence-electron chi connectivity index (χ0n) is 27.0. The number of aliphatic hydroxyl groups excluding tert-OH is 6. The van der Waals surface area contributed by atoms with E-state index in [1.807, 2.05) is 0 Å². The van der Waals surface area contributed by atoms with Crippen molar-refractivity contribution >= 4 is 18.0 Å². The van der Waals surface area contributed by atoms with Crippen LogP contribution in [0.3, 0.4) is 0 Å². The minimum Gasteiger partial charge on any atom is -0.497 e. The number of benzene rings is 1. The quantitative estimate of drug-likeness (QED) is 0.0917. The zero-order valence-corrected chi connectivity index (χ0v) is 27.0. The Morgan fingerprint density at radius 2 is 1.61 bits per heavy atom. The molecule has 0 spiro atoms. The van der Waals surface area contributed by atoms with Gasteiger partial charge in [-0.3, -0.25) is 4.79 Å². The summed E-state index contributed by atoms with van der Waals surface area (Å²) in [5, 5.41) is 61.6. The molecule has 3 aliphatic heterocycles. The van der Waals surface area contributed by atoms with Crippen molar-refractivity contribution in [2.75, 3.05) is 20.3 Å². The molecule has 2 saturated heterocycles. The molecular formula is C33H42O16. The molecule has 0 bridgehead atoms. The van der Waals surface area contributed by atoms with E-state index in [2.05, 4.69) is 0 Å². The molecule has 16 heteroatoms. The van der Waals surface area contributed by atoms with Crippen LogP contribution in [0.1, 0.15) is 19.4 Å². The number of carbonyl (C=O) groups excluding carboxylic acids is 2. The number of hydrogen-bond acceptors (Lipinski definition) is 16. The number of methoxy groups -OCH3 is 1. The molecule has 0 amide bonds. The van der Waals surface area contributed by atoms with E-state index in [0.717, 1.165) is 13.0 Å². The number of aliphatic hydroxyl groups is 6. The number of hydrogen-bond donors (Lipinski definition) is 6. The first-order valence-corrected chi connectivity index (χ1v) is 15.7. The van der Waals surface area contributed by atoms with Crippen LogP contribution in [-0.4, -0.2) is 137 Å². The van der Waals surface area contributed by atoms with Crippen molar-refractivity contribution in [3.8, 4) is 5.75 Å². The third-order valence-electron chi connectivity index (χ3n) is 8.84. The van der Waals surface area contributed by atoms with E-state index in [9.17, 15) is 40.2 Å². The summed E-state index contributed by atoms with van der Waals surface area (Å²) < 4.78 is 45.5. The van der Waals surface area contributed by atoms with Crippen LogP contribution >= 0.6 is 0 Å². The Morgan fingerprint density at radius 3 is 2.27 bits per heavy atom. The van der Waals surface area contributed by atoms with Gasteiger partial charge in [0.25, 0.3) is 0 Å². The lowest BCUT2D eigenvalue weighted by Crippen LogP contribution is -2.61. The van der Waals surface area contributed by atoms with Crippen LogP contribution < -0.4 is 4.74 Å². The number of carbonyl (C=O) groups is 2. The molecule has 49 heavy (non-hydrogen) atoms. The lowest BCUT2D eigenvalue weighted by atomic mass is 9.88. The van der Waals surface area contributed by atoms with Gasteiger partial charge in [0.05, 0.1) is 44.7 Å². The van der Waals surface area contributed by atoms with Crippen LogP contribution in [0.5, 0.6) is 5.75 Å². The minimum absolute atomic E-state index is 0.411. The second-order valence-corrected chi connectivity index (χ2v) is 12.1. The normalized spacial score (nSPS) is 38.8. The number of fused-ring (bicyclic) bond motifs is 1. The van der Waals surface area contributed by atoms with Crippen molar-refractivity contribution < 1.29 is 78.1 Å². The summed E-state index contributed by atoms with van der Waals surface area (Å²) in [5.41, 5.74) is 1.09. The van der Waals surface area contributed by atoms with Gasteiger partial charge in [0.2, 0.25) is 6.29 Å². The summed E-state index contributed by atoms with van der Waals surface area (Å²) in [6.45, 7) is 1.56. The third-order valence-corrected chi connectivity index (χ3v) is 8.84. The maximum absolute atomic E-state index is 12.9. The first-order chi connectivity index (χ1) is 23.4. The standard InChI is InChI=1S/C33H42O16/c1-15-25(38)29(48-23(37)9-6-17-4-7-19(42-3)8-5-17)30(45-16(2)36)33(44-15)46-21-12-18(13-34)24-20(21)10-11-43-31(24)49-32-28(41)27(40)26(39)22(14-35)47-32/h4-12,15,20-22,24-35,38-41H,13-14H2,1-3H3. The fourth-order valence-corrected chi connectivity index (χ4v) is 6.24. The Hall–Kier alpha value is -3.42. The molecular weight excluding hydrogens is 652 g/mol. The van der Waals surface area contributed by atoms with Gasteiger partial charge < -0.3 is 68.5 Å². The Labute approximate surface area is 281 Å². The van der Waals surface area contributed by atoms with E-state index in [0.29, 0.717) is 16.9 Å². The molecule has 14 unspecified atom stereocenters. The number of ether oxygens (including phenoxy) is 8. The molecule has 1 aromatic rings. The van der Waals surface area contributed by atoms with E-state index in [1.54, 1.807) is 36.4 Å². The highest BCUT2D eigenvalue weighted by molar-refractivity contribution is 5.87. The van der Waals surface area contributed by atoms with Gasteiger partial charge >= 0.3 is 11.9 Å². The molecule has 16 nitrogen and oxygen atoms in total. The molecule has 1 aromatic carbocycles. The topological polar surface area (TPSA) is 229 Å². The Morgan fingerprint density at radius 1 is 0.878 bits per heavy atom. The lowest BCUT2D eigenvalue weighted by molar-refractivity contribution is -0.341. The van der Waals surface area contributed by atoms with Gasteiger partial charge in [0, 0.05) is 18.9 Å². The Bertz CT molecular complexity index is 1380. The van der Waals surface area contributed by atoms with Crippen molar-refractivity contribution in [2.24, 2.45) is 11.8 Å². The van der Waals surface area contributed by atoms with E-state index >= 15 is 0 Å². The van der Waals surface area contributed by atoms with Crippen molar-refractivity contribution in [1.29, 1.82) is 0 Å². The highest BCUT2D eigenvalue weighted by atomic mass is 16.8. The first-order valence-electron chi connectivity index (χ1n) is 15.7. The second-order valence-electron chi connectivity index (χ2n) is 12.1. The van der Waals surface area contributed by atoms with Gasteiger partial charge in [-0.2, -0.15) is 0 Å². The molecule has 4 aliphatic rings. The largest absolute Gasteiger partial charge is 0.497 e. The Kier molecular flexibility index (Phi) is 12.1. The van der Waals surface area contributed by atoms with Gasteiger partial charge in [0.1, 0.15) is 36.3 Å². The van der Waals surface area contributed by atoms with Crippen molar-refractivity contribution in [3.05, 3.63) is 59.9 Å². The van der Waals surface area contributed by atoms with Crippen LogP contribution in [0.2, 0.25) is 0 Å². The SMILES string of the molecule is COc1ccc(C=CC(=O)OC2C(O)C(C)OC(OC3C=C(CO)C4C(OC5OC(CO)C(O)C(O)C5O)OC=CC34)C2OC(C)=O)cc1. The van der Waals surface area contributed by atoms with E-state index in [4.69, 9.17) is 37.9 Å². The van der Waals surface area contributed by atoms with Gasteiger partial charge in [-0.25, -0.2) is 4.79 Å². The summed E-state index contributed by atoms with van der Waals surface area (Å²) in [5.74, 6) is -2.25. The third kappa shape index (κ3) is 8.15. The highest BCUT2D eigenvalue weighted by Gasteiger charge is 2.53. The van der Waals surface area contributed by atoms with Gasteiger partial charge in [-0.15, -0.1) is 0 Å². The van der Waals surface area contributed by atoms with Gasteiger partial charge in [0.15, 0.2) is 24.8 Å². The monoisotopic (exact) mass is 694 g/mol. The second kappa shape index (κ2) is 16.1. The molecule has 6 N–H and O–H groups in total. The van der Waals surface area contributed by atoms with Crippen molar-refractivity contribution in [1.82, 2.24) is 0 Å². The first kappa shape index (κ1) is 36.9. The molecule has 5 rings (SSSR count). The van der Waals surface area contributed by atoms with Crippen molar-refractivity contribution in [2.45, 2.75) is 87.7 Å². The summed E-state index contributed by atoms with van der Waals surface area (Å²) in [7, 11) is 1.53. The Balaban J connectivity index is 1.32. The molecule has 0 radical (unpaired) electrons. The van der Waals surface area contributed by atoms with Crippen molar-refractivity contribution in [3.63, 3.8) is 0 Å². The smallest absolute Gasteiger partial charge is 0.331 e. The minimum atomic E-state index is -1.69. The van der Waals surface area contributed by atoms with Gasteiger partial charge in [-0.05, 0) is 42.3 Å².